The van der Waals surface area contributed by atoms with E-state index in [1.807, 2.05) is 13.8 Å². The average molecular weight is 144 g/mol. The van der Waals surface area contributed by atoms with Crippen molar-refractivity contribution in [3.8, 4) is 0 Å². The van der Waals surface area contributed by atoms with Crippen LogP contribution in [-0.4, -0.2) is 16.5 Å². The van der Waals surface area contributed by atoms with E-state index in [0.717, 1.165) is 0 Å². The summed E-state index contributed by atoms with van der Waals surface area (Å²) in [6, 6.07) is 0. The molecule has 0 amide bonds. The number of hydrogen-bond donors (Lipinski definition) is 1. The Bertz CT molecular complexity index is 120. The predicted molar refractivity (Wildman–Crippen MR) is 40.8 cm³/mol. The summed E-state index contributed by atoms with van der Waals surface area (Å²) in [5.74, 6) is 0.251. The van der Waals surface area contributed by atoms with E-state index in [-0.39, 0.29) is 5.78 Å². The summed E-state index contributed by atoms with van der Waals surface area (Å²) in [7, 11) is 0. The van der Waals surface area contributed by atoms with Crippen LogP contribution in [0.15, 0.2) is 0 Å². The van der Waals surface area contributed by atoms with Crippen LogP contribution in [0, 0.1) is 5.92 Å². The van der Waals surface area contributed by atoms with Crippen LogP contribution >= 0.6 is 0 Å². The fraction of sp³-hybridized carbons (Fsp3) is 0.875. The molecule has 10 heavy (non-hydrogen) atoms. The molecular weight excluding hydrogens is 128 g/mol. The quantitative estimate of drug-likeness (QED) is 0.649. The van der Waals surface area contributed by atoms with Gasteiger partial charge in [0, 0.05) is 6.42 Å². The standard InChI is InChI=1S/C8H16O2/c1-6(2)5-7(9)8(3,4)10/h6,10H,5H2,1-4H3. The lowest BCUT2D eigenvalue weighted by Crippen LogP contribution is -2.31. The van der Waals surface area contributed by atoms with Crippen molar-refractivity contribution in [3.05, 3.63) is 0 Å². The first-order valence-electron chi connectivity index (χ1n) is 3.59. The molecule has 0 unspecified atom stereocenters. The third-order valence-corrected chi connectivity index (χ3v) is 1.28. The molecule has 60 valence electrons. The lowest BCUT2D eigenvalue weighted by molar-refractivity contribution is -0.134. The van der Waals surface area contributed by atoms with E-state index >= 15 is 0 Å². The largest absolute Gasteiger partial charge is 0.383 e. The summed E-state index contributed by atoms with van der Waals surface area (Å²) in [4.78, 5) is 11.0. The number of hydrogen-bond acceptors (Lipinski definition) is 2. The van der Waals surface area contributed by atoms with Gasteiger partial charge in [-0.25, -0.2) is 0 Å². The minimum atomic E-state index is -1.15. The van der Waals surface area contributed by atoms with Gasteiger partial charge in [0.15, 0.2) is 5.78 Å². The summed E-state index contributed by atoms with van der Waals surface area (Å²) < 4.78 is 0. The van der Waals surface area contributed by atoms with Crippen molar-refractivity contribution in [3.63, 3.8) is 0 Å². The van der Waals surface area contributed by atoms with Gasteiger partial charge in [-0.15, -0.1) is 0 Å². The zero-order valence-corrected chi connectivity index (χ0v) is 7.14. The third kappa shape index (κ3) is 3.62. The Kier molecular flexibility index (Phi) is 3.03. The van der Waals surface area contributed by atoms with Gasteiger partial charge in [0.2, 0.25) is 0 Å². The highest BCUT2D eigenvalue weighted by Gasteiger charge is 2.23. The topological polar surface area (TPSA) is 37.3 Å². The van der Waals surface area contributed by atoms with E-state index in [0.29, 0.717) is 12.3 Å². The molecule has 0 spiro atoms. The summed E-state index contributed by atoms with van der Waals surface area (Å²) in [5.41, 5.74) is -1.15. The molecule has 2 heteroatoms. The van der Waals surface area contributed by atoms with Gasteiger partial charge < -0.3 is 5.11 Å². The zero-order valence-electron chi connectivity index (χ0n) is 7.14. The second-order valence-corrected chi connectivity index (χ2v) is 3.58. The molecule has 0 saturated heterocycles. The van der Waals surface area contributed by atoms with Crippen molar-refractivity contribution >= 4 is 5.78 Å². The van der Waals surface area contributed by atoms with Crippen LogP contribution < -0.4 is 0 Å². The van der Waals surface area contributed by atoms with E-state index in [4.69, 9.17) is 0 Å². The van der Waals surface area contributed by atoms with Crippen LogP contribution in [0.25, 0.3) is 0 Å². The van der Waals surface area contributed by atoms with Crippen LogP contribution in [0.2, 0.25) is 0 Å². The molecule has 1 N–H and O–H groups in total. The van der Waals surface area contributed by atoms with Crippen molar-refractivity contribution < 1.29 is 9.90 Å². The highest BCUT2D eigenvalue weighted by Crippen LogP contribution is 2.10. The molecule has 0 bridgehead atoms. The molecule has 0 aliphatic heterocycles. The molecule has 0 atom stereocenters. The Balaban J connectivity index is 3.87. The SMILES string of the molecule is CC(C)CC(=O)C(C)(C)O. The van der Waals surface area contributed by atoms with Crippen molar-refractivity contribution in [2.45, 2.75) is 39.7 Å². The van der Waals surface area contributed by atoms with E-state index in [2.05, 4.69) is 0 Å². The van der Waals surface area contributed by atoms with Gasteiger partial charge >= 0.3 is 0 Å². The maximum atomic E-state index is 11.0. The van der Waals surface area contributed by atoms with E-state index in [1.54, 1.807) is 0 Å². The summed E-state index contributed by atoms with van der Waals surface area (Å²) in [6.07, 6.45) is 0.462. The Hall–Kier alpha value is -0.370. The number of carbonyl (C=O) groups is 1. The van der Waals surface area contributed by atoms with Crippen molar-refractivity contribution in [1.82, 2.24) is 0 Å². The van der Waals surface area contributed by atoms with Crippen molar-refractivity contribution in [1.29, 1.82) is 0 Å². The highest BCUT2D eigenvalue weighted by atomic mass is 16.3. The second-order valence-electron chi connectivity index (χ2n) is 3.58. The number of carbonyl (C=O) groups excluding carboxylic acids is 1. The first kappa shape index (κ1) is 9.63. The molecule has 0 heterocycles. The molecule has 0 aromatic carbocycles. The normalized spacial score (nSPS) is 12.2. The number of rotatable bonds is 3. The molecule has 0 aromatic rings. The predicted octanol–water partition coefficient (Wildman–Crippen LogP) is 1.37. The van der Waals surface area contributed by atoms with Crippen LogP contribution in [0.3, 0.4) is 0 Å². The van der Waals surface area contributed by atoms with Gasteiger partial charge in [0.25, 0.3) is 0 Å². The number of ketones is 1. The third-order valence-electron chi connectivity index (χ3n) is 1.28. The smallest absolute Gasteiger partial charge is 0.164 e. The summed E-state index contributed by atoms with van der Waals surface area (Å²) in [5, 5.41) is 9.19. The van der Waals surface area contributed by atoms with E-state index in [9.17, 15) is 9.90 Å². The first-order chi connectivity index (χ1) is 4.34. The summed E-state index contributed by atoms with van der Waals surface area (Å²) >= 11 is 0. The summed E-state index contributed by atoms with van der Waals surface area (Å²) in [6.45, 7) is 6.97. The highest BCUT2D eigenvalue weighted by molar-refractivity contribution is 5.86. The molecule has 0 rings (SSSR count). The van der Waals surface area contributed by atoms with Crippen LogP contribution in [-0.2, 0) is 4.79 Å². The van der Waals surface area contributed by atoms with Crippen molar-refractivity contribution in [2.75, 3.05) is 0 Å². The lowest BCUT2D eigenvalue weighted by Gasteiger charge is -2.16. The average Bonchev–Trinajstić information content (AvgIpc) is 1.60. The maximum absolute atomic E-state index is 11.0. The van der Waals surface area contributed by atoms with Crippen molar-refractivity contribution in [2.24, 2.45) is 5.92 Å². The molecule has 0 saturated carbocycles. The van der Waals surface area contributed by atoms with E-state index < -0.39 is 5.60 Å². The maximum Gasteiger partial charge on any atom is 0.164 e. The van der Waals surface area contributed by atoms with Crippen LogP contribution in [0.4, 0.5) is 0 Å². The number of aliphatic hydroxyl groups is 1. The molecule has 0 aromatic heterocycles. The Morgan fingerprint density at radius 3 is 2.00 bits per heavy atom. The van der Waals surface area contributed by atoms with Gasteiger partial charge in [-0.05, 0) is 19.8 Å². The van der Waals surface area contributed by atoms with Gasteiger partial charge in [-0.1, -0.05) is 13.8 Å². The molecule has 0 aliphatic carbocycles. The first-order valence-corrected chi connectivity index (χ1v) is 3.59. The lowest BCUT2D eigenvalue weighted by atomic mass is 9.96. The fourth-order valence-electron chi connectivity index (χ4n) is 0.621. The molecule has 2 nitrogen and oxygen atoms in total. The van der Waals surface area contributed by atoms with Crippen LogP contribution in [0.1, 0.15) is 34.1 Å². The molecular formula is C8H16O2. The molecule has 0 fully saturated rings. The minimum Gasteiger partial charge on any atom is -0.383 e. The molecule has 0 aliphatic rings. The fourth-order valence-corrected chi connectivity index (χ4v) is 0.621. The Labute approximate surface area is 62.2 Å². The Morgan fingerprint density at radius 2 is 1.90 bits per heavy atom. The molecule has 0 radical (unpaired) electrons. The zero-order chi connectivity index (χ0) is 8.36. The van der Waals surface area contributed by atoms with Gasteiger partial charge in [0.1, 0.15) is 5.60 Å². The van der Waals surface area contributed by atoms with Gasteiger partial charge in [-0.3, -0.25) is 4.79 Å². The monoisotopic (exact) mass is 144 g/mol. The van der Waals surface area contributed by atoms with Gasteiger partial charge in [0.05, 0.1) is 0 Å². The van der Waals surface area contributed by atoms with E-state index in [1.165, 1.54) is 13.8 Å². The minimum absolute atomic E-state index is 0.0810. The Morgan fingerprint density at radius 1 is 1.50 bits per heavy atom. The van der Waals surface area contributed by atoms with Crippen LogP contribution in [0.5, 0.6) is 0 Å². The second kappa shape index (κ2) is 3.15. The number of Topliss-reactive ketones (excluding diaryl/α,β-unsaturated/α-hetero) is 1. The van der Waals surface area contributed by atoms with Gasteiger partial charge in [-0.2, -0.15) is 0 Å².